The van der Waals surface area contributed by atoms with E-state index >= 15 is 0 Å². The van der Waals surface area contributed by atoms with Crippen LogP contribution in [0.15, 0.2) is 42.5 Å². The third-order valence-corrected chi connectivity index (χ3v) is 6.03. The SMILES string of the molecule is CN1CCN(CCN2SN(c3ccc(F)cc3F)c3ccccc32)CC1. The van der Waals surface area contributed by atoms with Crippen LogP contribution in [0.25, 0.3) is 0 Å². The van der Waals surface area contributed by atoms with E-state index in [1.54, 1.807) is 0 Å². The molecule has 0 atom stereocenters. The highest BCUT2D eigenvalue weighted by atomic mass is 32.2. The molecular formula is C19H22F2N4S. The maximum Gasteiger partial charge on any atom is 0.150 e. The third kappa shape index (κ3) is 3.51. The van der Waals surface area contributed by atoms with E-state index in [1.165, 1.54) is 24.3 Å². The second-order valence-electron chi connectivity index (χ2n) is 6.71. The summed E-state index contributed by atoms with van der Waals surface area (Å²) in [5.74, 6) is -1.11. The quantitative estimate of drug-likeness (QED) is 0.752. The molecule has 7 heteroatoms. The molecule has 1 fully saturated rings. The number of fused-ring (bicyclic) bond motifs is 1. The number of piperazine rings is 1. The molecular weight excluding hydrogens is 354 g/mol. The van der Waals surface area contributed by atoms with Crippen molar-refractivity contribution >= 4 is 29.2 Å². The molecule has 2 aliphatic rings. The van der Waals surface area contributed by atoms with Crippen LogP contribution in [0.3, 0.4) is 0 Å². The summed E-state index contributed by atoms with van der Waals surface area (Å²) < 4.78 is 31.6. The van der Waals surface area contributed by atoms with Crippen LogP contribution in [0.1, 0.15) is 0 Å². The molecule has 1 saturated heterocycles. The van der Waals surface area contributed by atoms with Gasteiger partial charge < -0.3 is 4.90 Å². The average molecular weight is 376 g/mol. The van der Waals surface area contributed by atoms with Crippen molar-refractivity contribution in [3.8, 4) is 0 Å². The predicted molar refractivity (Wildman–Crippen MR) is 104 cm³/mol. The van der Waals surface area contributed by atoms with Gasteiger partial charge in [0.05, 0.1) is 29.2 Å². The lowest BCUT2D eigenvalue weighted by atomic mass is 10.2. The second-order valence-corrected chi connectivity index (χ2v) is 7.68. The zero-order valence-corrected chi connectivity index (χ0v) is 15.6. The third-order valence-electron chi connectivity index (χ3n) is 4.89. The molecule has 2 aromatic rings. The zero-order chi connectivity index (χ0) is 18.1. The summed E-state index contributed by atoms with van der Waals surface area (Å²) in [7, 11) is 2.15. The smallest absolute Gasteiger partial charge is 0.150 e. The number of likely N-dealkylation sites (N-methyl/N-ethyl adjacent to an activating group) is 1. The van der Waals surface area contributed by atoms with E-state index in [-0.39, 0.29) is 0 Å². The minimum absolute atomic E-state index is 0.381. The van der Waals surface area contributed by atoms with E-state index in [2.05, 4.69) is 21.2 Å². The van der Waals surface area contributed by atoms with Crippen molar-refractivity contribution in [2.45, 2.75) is 0 Å². The van der Waals surface area contributed by atoms with Crippen LogP contribution < -0.4 is 8.61 Å². The molecule has 2 aliphatic heterocycles. The van der Waals surface area contributed by atoms with Gasteiger partial charge in [0.2, 0.25) is 0 Å². The van der Waals surface area contributed by atoms with Gasteiger partial charge in [0.1, 0.15) is 5.82 Å². The number of rotatable bonds is 4. The molecule has 0 saturated carbocycles. The Morgan fingerprint density at radius 2 is 1.62 bits per heavy atom. The molecule has 0 radical (unpaired) electrons. The topological polar surface area (TPSA) is 13.0 Å². The van der Waals surface area contributed by atoms with Crippen LogP contribution >= 0.6 is 12.1 Å². The maximum atomic E-state index is 14.3. The largest absolute Gasteiger partial charge is 0.304 e. The number of hydrogen-bond donors (Lipinski definition) is 0. The van der Waals surface area contributed by atoms with E-state index in [0.717, 1.165) is 56.7 Å². The number of halogens is 2. The summed E-state index contributed by atoms with van der Waals surface area (Å²) in [5, 5.41) is 0. The zero-order valence-electron chi connectivity index (χ0n) is 14.7. The van der Waals surface area contributed by atoms with Gasteiger partial charge in [0, 0.05) is 45.3 Å². The molecule has 0 spiro atoms. The second kappa shape index (κ2) is 7.42. The van der Waals surface area contributed by atoms with Crippen molar-refractivity contribution in [3.63, 3.8) is 0 Å². The molecule has 4 rings (SSSR count). The van der Waals surface area contributed by atoms with Crippen LogP contribution in [0.2, 0.25) is 0 Å². The highest BCUT2D eigenvalue weighted by Crippen LogP contribution is 2.49. The Balaban J connectivity index is 1.51. The van der Waals surface area contributed by atoms with Gasteiger partial charge in [-0.2, -0.15) is 0 Å². The van der Waals surface area contributed by atoms with Crippen LogP contribution in [0.4, 0.5) is 25.8 Å². The van der Waals surface area contributed by atoms with Gasteiger partial charge in [-0.15, -0.1) is 0 Å². The molecule has 0 amide bonds. The fourth-order valence-corrected chi connectivity index (χ4v) is 4.40. The first-order valence-electron chi connectivity index (χ1n) is 8.82. The van der Waals surface area contributed by atoms with Crippen molar-refractivity contribution in [1.82, 2.24) is 9.80 Å². The Morgan fingerprint density at radius 3 is 2.35 bits per heavy atom. The molecule has 0 aliphatic carbocycles. The van der Waals surface area contributed by atoms with Crippen molar-refractivity contribution in [1.29, 1.82) is 0 Å². The first-order chi connectivity index (χ1) is 12.6. The van der Waals surface area contributed by atoms with E-state index in [9.17, 15) is 8.78 Å². The molecule has 0 bridgehead atoms. The minimum Gasteiger partial charge on any atom is -0.304 e. The number of benzene rings is 2. The first-order valence-corrected chi connectivity index (χ1v) is 9.55. The van der Waals surface area contributed by atoms with E-state index < -0.39 is 11.6 Å². The first kappa shape index (κ1) is 17.6. The van der Waals surface area contributed by atoms with Crippen molar-refractivity contribution < 1.29 is 8.78 Å². The predicted octanol–water partition coefficient (Wildman–Crippen LogP) is 3.73. The average Bonchev–Trinajstić information content (AvgIpc) is 3.00. The van der Waals surface area contributed by atoms with Gasteiger partial charge in [-0.25, -0.2) is 8.78 Å². The molecule has 2 heterocycles. The summed E-state index contributed by atoms with van der Waals surface area (Å²) in [6.45, 7) is 6.16. The summed E-state index contributed by atoms with van der Waals surface area (Å²) >= 11 is 1.47. The lowest BCUT2D eigenvalue weighted by Crippen LogP contribution is -2.46. The molecule has 26 heavy (non-hydrogen) atoms. The number of anilines is 3. The fourth-order valence-electron chi connectivity index (χ4n) is 3.32. The maximum absolute atomic E-state index is 14.3. The Morgan fingerprint density at radius 1 is 0.885 bits per heavy atom. The Kier molecular flexibility index (Phi) is 5.02. The number of hydrogen-bond acceptors (Lipinski definition) is 5. The lowest BCUT2D eigenvalue weighted by Gasteiger charge is -2.33. The Hall–Kier alpha value is -1.83. The molecule has 138 valence electrons. The molecule has 0 unspecified atom stereocenters. The Bertz CT molecular complexity index is 780. The fraction of sp³-hybridized carbons (Fsp3) is 0.368. The number of nitrogens with zero attached hydrogens (tertiary/aromatic N) is 4. The van der Waals surface area contributed by atoms with Gasteiger partial charge in [-0.3, -0.25) is 13.5 Å². The minimum atomic E-state index is -0.560. The van der Waals surface area contributed by atoms with Crippen molar-refractivity contribution in [2.24, 2.45) is 0 Å². The molecule has 0 N–H and O–H groups in total. The number of para-hydroxylation sites is 2. The van der Waals surface area contributed by atoms with Gasteiger partial charge in [0.15, 0.2) is 5.82 Å². The summed E-state index contributed by atoms with van der Waals surface area (Å²) in [6, 6.07) is 11.7. The Labute approximate surface area is 157 Å². The standard InChI is InChI=1S/C19H22F2N4S/c1-22-8-10-23(11-9-22)12-13-24-18-4-2-3-5-19(18)25(26-24)17-7-6-15(20)14-16(17)21/h2-7,14H,8-13H2,1H3. The van der Waals surface area contributed by atoms with Crippen LogP contribution in [-0.4, -0.2) is 56.1 Å². The van der Waals surface area contributed by atoms with Gasteiger partial charge in [-0.05, 0) is 31.3 Å². The summed E-state index contributed by atoms with van der Waals surface area (Å²) in [4.78, 5) is 4.81. The van der Waals surface area contributed by atoms with E-state index in [0.29, 0.717) is 5.69 Å². The van der Waals surface area contributed by atoms with Gasteiger partial charge in [-0.1, -0.05) is 12.1 Å². The normalized spacial score (nSPS) is 18.4. The van der Waals surface area contributed by atoms with Crippen molar-refractivity contribution in [3.05, 3.63) is 54.1 Å². The highest BCUT2D eigenvalue weighted by Gasteiger charge is 2.30. The van der Waals surface area contributed by atoms with Crippen LogP contribution in [0, 0.1) is 11.6 Å². The van der Waals surface area contributed by atoms with E-state index in [4.69, 9.17) is 0 Å². The molecule has 4 nitrogen and oxygen atoms in total. The van der Waals surface area contributed by atoms with E-state index in [1.807, 2.05) is 28.6 Å². The summed E-state index contributed by atoms with van der Waals surface area (Å²) in [6.07, 6.45) is 0. The highest BCUT2D eigenvalue weighted by molar-refractivity contribution is 8.02. The van der Waals surface area contributed by atoms with Crippen LogP contribution in [-0.2, 0) is 0 Å². The van der Waals surface area contributed by atoms with Crippen molar-refractivity contribution in [2.75, 3.05) is 54.9 Å². The molecule has 2 aromatic carbocycles. The van der Waals surface area contributed by atoms with Crippen LogP contribution in [0.5, 0.6) is 0 Å². The summed E-state index contributed by atoms with van der Waals surface area (Å²) in [5.41, 5.74) is 2.38. The van der Waals surface area contributed by atoms with Gasteiger partial charge >= 0.3 is 0 Å². The van der Waals surface area contributed by atoms with Gasteiger partial charge in [0.25, 0.3) is 0 Å². The monoisotopic (exact) mass is 376 g/mol. The molecule has 0 aromatic heterocycles. The lowest BCUT2D eigenvalue weighted by molar-refractivity contribution is 0.158.